The number of hydrogen-bond donors (Lipinski definition) is 2. The van der Waals surface area contributed by atoms with Gasteiger partial charge >= 0.3 is 0 Å². The fourth-order valence-electron chi connectivity index (χ4n) is 1.76. The maximum absolute atomic E-state index is 11.6. The highest BCUT2D eigenvalue weighted by Gasteiger charge is 2.37. The number of nitrogens with two attached hydrogens (primary N) is 1. The Kier molecular flexibility index (Phi) is 3.95. The van der Waals surface area contributed by atoms with Gasteiger partial charge in [0, 0.05) is 6.04 Å². The Morgan fingerprint density at radius 2 is 1.95 bits per heavy atom. The number of nitrogens with one attached hydrogen (secondary N) is 1. The molecule has 3 N–H and O–H groups in total. The molecule has 0 aromatic heterocycles. The van der Waals surface area contributed by atoms with Crippen LogP contribution in [0.1, 0.15) is 19.8 Å². The van der Waals surface area contributed by atoms with Gasteiger partial charge in [-0.1, -0.05) is 0 Å². The summed E-state index contributed by atoms with van der Waals surface area (Å²) in [6, 6.07) is 7.61. The first-order valence-corrected chi connectivity index (χ1v) is 6.38. The van der Waals surface area contributed by atoms with Gasteiger partial charge in [0.2, 0.25) is 5.91 Å². The Bertz CT molecular complexity index is 443. The molecule has 5 nitrogen and oxygen atoms in total. The summed E-state index contributed by atoms with van der Waals surface area (Å²) in [5.41, 5.74) is 4.62. The van der Waals surface area contributed by atoms with E-state index in [1.807, 2.05) is 12.1 Å². The first kappa shape index (κ1) is 13.7. The average molecular weight is 264 g/mol. The second-order valence-corrected chi connectivity index (χ2v) is 5.08. The van der Waals surface area contributed by atoms with Gasteiger partial charge in [0.1, 0.15) is 23.6 Å². The van der Waals surface area contributed by atoms with Crippen molar-refractivity contribution in [3.8, 4) is 11.5 Å². The predicted octanol–water partition coefficient (Wildman–Crippen LogP) is 1.07. The monoisotopic (exact) mass is 264 g/mol. The Morgan fingerprint density at radius 3 is 2.42 bits per heavy atom. The van der Waals surface area contributed by atoms with Gasteiger partial charge in [0.25, 0.3) is 0 Å². The van der Waals surface area contributed by atoms with Crippen molar-refractivity contribution in [1.29, 1.82) is 0 Å². The molecule has 1 aliphatic rings. The van der Waals surface area contributed by atoms with Crippen molar-refractivity contribution in [3.63, 3.8) is 0 Å². The van der Waals surface area contributed by atoms with Crippen LogP contribution in [-0.2, 0) is 4.79 Å². The lowest BCUT2D eigenvalue weighted by Crippen LogP contribution is -2.57. The third kappa shape index (κ3) is 3.61. The normalized spacial score (nSPS) is 17.6. The quantitative estimate of drug-likeness (QED) is 0.772. The van der Waals surface area contributed by atoms with Gasteiger partial charge in [-0.2, -0.15) is 0 Å². The molecule has 5 heteroatoms. The van der Waals surface area contributed by atoms with Crippen LogP contribution in [-0.4, -0.2) is 31.2 Å². The van der Waals surface area contributed by atoms with E-state index < -0.39 is 11.4 Å². The highest BCUT2D eigenvalue weighted by molar-refractivity contribution is 5.84. The minimum Gasteiger partial charge on any atom is -0.497 e. The molecule has 0 bridgehead atoms. The number of hydrogen-bond acceptors (Lipinski definition) is 4. The van der Waals surface area contributed by atoms with Crippen LogP contribution in [0.4, 0.5) is 0 Å². The molecule has 1 amide bonds. The Labute approximate surface area is 113 Å². The molecule has 0 saturated heterocycles. The molecule has 1 aromatic carbocycles. The highest BCUT2D eigenvalue weighted by atomic mass is 16.5. The fraction of sp³-hybridized carbons (Fsp3) is 0.500. The van der Waals surface area contributed by atoms with Crippen LogP contribution in [0, 0.1) is 0 Å². The lowest BCUT2D eigenvalue weighted by Gasteiger charge is -2.27. The molecule has 1 aromatic rings. The van der Waals surface area contributed by atoms with E-state index in [1.165, 1.54) is 0 Å². The van der Waals surface area contributed by atoms with E-state index in [-0.39, 0.29) is 6.61 Å². The highest BCUT2D eigenvalue weighted by Crippen LogP contribution is 2.23. The molecule has 0 radical (unpaired) electrons. The van der Waals surface area contributed by atoms with Gasteiger partial charge in [-0.15, -0.1) is 0 Å². The summed E-state index contributed by atoms with van der Waals surface area (Å²) in [4.78, 5) is 11.6. The van der Waals surface area contributed by atoms with Crippen LogP contribution in [0.25, 0.3) is 0 Å². The summed E-state index contributed by atoms with van der Waals surface area (Å²) < 4.78 is 10.7. The Hall–Kier alpha value is -1.75. The van der Waals surface area contributed by atoms with Crippen molar-refractivity contribution >= 4 is 5.91 Å². The van der Waals surface area contributed by atoms with Crippen LogP contribution >= 0.6 is 0 Å². The van der Waals surface area contributed by atoms with Gasteiger partial charge < -0.3 is 15.2 Å². The molecule has 0 spiro atoms. The molecule has 2 rings (SSSR count). The number of primary amides is 1. The lowest BCUT2D eigenvalue weighted by atomic mass is 10.0. The molecule has 1 saturated carbocycles. The molecular weight excluding hydrogens is 244 g/mol. The van der Waals surface area contributed by atoms with Gasteiger partial charge in [-0.25, -0.2) is 0 Å². The number of rotatable bonds is 7. The van der Waals surface area contributed by atoms with E-state index >= 15 is 0 Å². The second-order valence-electron chi connectivity index (χ2n) is 5.08. The number of ether oxygens (including phenoxy) is 2. The minimum absolute atomic E-state index is 0.213. The Morgan fingerprint density at radius 1 is 1.37 bits per heavy atom. The molecule has 1 unspecified atom stereocenters. The number of benzene rings is 1. The standard InChI is InChI=1S/C14H20N2O3/c1-14(13(15)17,16-10-3-4-10)9-19-12-7-5-11(18-2)6-8-12/h5-8,10,16H,3-4,9H2,1-2H3,(H2,15,17). The van der Waals surface area contributed by atoms with Crippen molar-refractivity contribution in [3.05, 3.63) is 24.3 Å². The molecule has 1 aliphatic carbocycles. The molecule has 1 fully saturated rings. The molecule has 0 heterocycles. The van der Waals surface area contributed by atoms with Gasteiger partial charge in [-0.05, 0) is 44.0 Å². The first-order valence-electron chi connectivity index (χ1n) is 6.38. The van der Waals surface area contributed by atoms with E-state index in [0.717, 1.165) is 18.6 Å². The van der Waals surface area contributed by atoms with Gasteiger partial charge in [-0.3, -0.25) is 10.1 Å². The largest absolute Gasteiger partial charge is 0.497 e. The van der Waals surface area contributed by atoms with E-state index in [9.17, 15) is 4.79 Å². The summed E-state index contributed by atoms with van der Waals surface area (Å²) in [6.07, 6.45) is 2.18. The Balaban J connectivity index is 1.95. The third-order valence-corrected chi connectivity index (χ3v) is 3.23. The van der Waals surface area contributed by atoms with Gasteiger partial charge in [0.15, 0.2) is 0 Å². The third-order valence-electron chi connectivity index (χ3n) is 3.23. The SMILES string of the molecule is COc1ccc(OCC(C)(NC2CC2)C(N)=O)cc1. The van der Waals surface area contributed by atoms with Crippen LogP contribution in [0.2, 0.25) is 0 Å². The van der Waals surface area contributed by atoms with Crippen LogP contribution < -0.4 is 20.5 Å². The van der Waals surface area contributed by atoms with Crippen LogP contribution in [0.3, 0.4) is 0 Å². The van der Waals surface area contributed by atoms with Crippen molar-refractivity contribution in [2.75, 3.05) is 13.7 Å². The van der Waals surface area contributed by atoms with Crippen LogP contribution in [0.5, 0.6) is 11.5 Å². The topological polar surface area (TPSA) is 73.6 Å². The van der Waals surface area contributed by atoms with Crippen LogP contribution in [0.15, 0.2) is 24.3 Å². The van der Waals surface area contributed by atoms with Crippen molar-refractivity contribution in [2.24, 2.45) is 5.73 Å². The number of amides is 1. The molecule has 0 aliphatic heterocycles. The summed E-state index contributed by atoms with van der Waals surface area (Å²) >= 11 is 0. The predicted molar refractivity (Wildman–Crippen MR) is 72.2 cm³/mol. The zero-order valence-corrected chi connectivity index (χ0v) is 11.3. The zero-order valence-electron chi connectivity index (χ0n) is 11.3. The molecule has 1 atom stereocenters. The number of carbonyl (C=O) groups is 1. The smallest absolute Gasteiger partial charge is 0.240 e. The van der Waals surface area contributed by atoms with E-state index in [1.54, 1.807) is 26.2 Å². The summed E-state index contributed by atoms with van der Waals surface area (Å²) in [5.74, 6) is 1.06. The second kappa shape index (κ2) is 5.48. The van der Waals surface area contributed by atoms with E-state index in [2.05, 4.69) is 5.32 Å². The van der Waals surface area contributed by atoms with Crippen molar-refractivity contribution in [1.82, 2.24) is 5.32 Å². The lowest BCUT2D eigenvalue weighted by molar-refractivity contribution is -0.125. The van der Waals surface area contributed by atoms with Crippen molar-refractivity contribution < 1.29 is 14.3 Å². The zero-order chi connectivity index (χ0) is 13.9. The summed E-state index contributed by atoms with van der Waals surface area (Å²) in [5, 5.41) is 3.24. The molecular formula is C14H20N2O3. The molecule has 19 heavy (non-hydrogen) atoms. The van der Waals surface area contributed by atoms with Crippen molar-refractivity contribution in [2.45, 2.75) is 31.3 Å². The van der Waals surface area contributed by atoms with Gasteiger partial charge in [0.05, 0.1) is 7.11 Å². The first-order chi connectivity index (χ1) is 9.03. The fourth-order valence-corrected chi connectivity index (χ4v) is 1.76. The minimum atomic E-state index is -0.832. The maximum atomic E-state index is 11.6. The average Bonchev–Trinajstić information content (AvgIpc) is 3.20. The van der Waals surface area contributed by atoms with E-state index in [0.29, 0.717) is 11.8 Å². The number of carbonyl (C=O) groups excluding carboxylic acids is 1. The summed E-state index contributed by atoms with van der Waals surface area (Å²) in [6.45, 7) is 1.99. The maximum Gasteiger partial charge on any atom is 0.240 e. The number of methoxy groups -OCH3 is 1. The van der Waals surface area contributed by atoms with E-state index in [4.69, 9.17) is 15.2 Å². The molecule has 104 valence electrons. The summed E-state index contributed by atoms with van der Waals surface area (Å²) in [7, 11) is 1.61.